The third-order valence-corrected chi connectivity index (χ3v) is 3.21. The zero-order valence-corrected chi connectivity index (χ0v) is 10.5. The van der Waals surface area contributed by atoms with E-state index in [-0.39, 0.29) is 6.04 Å². The largest absolute Gasteiger partial charge is 0.465 e. The lowest BCUT2D eigenvalue weighted by Gasteiger charge is -2.38. The molecule has 0 aromatic carbocycles. The molecule has 2 rings (SSSR count). The van der Waals surface area contributed by atoms with Crippen molar-refractivity contribution in [3.05, 3.63) is 11.6 Å². The summed E-state index contributed by atoms with van der Waals surface area (Å²) in [6.07, 6.45) is -0.873. The van der Waals surface area contributed by atoms with Gasteiger partial charge in [0.2, 0.25) is 0 Å². The lowest BCUT2D eigenvalue weighted by atomic mass is 10.2. The molecule has 0 aliphatic carbocycles. The first-order chi connectivity index (χ1) is 8.49. The SMILES string of the molecule is Cc1cc(N2CCN(C(=O)O)C(C)C2)nnc1N. The maximum absolute atomic E-state index is 11.0. The van der Waals surface area contributed by atoms with Gasteiger partial charge in [-0.05, 0) is 25.5 Å². The van der Waals surface area contributed by atoms with Gasteiger partial charge in [0.25, 0.3) is 0 Å². The summed E-state index contributed by atoms with van der Waals surface area (Å²) in [7, 11) is 0. The van der Waals surface area contributed by atoms with Crippen LogP contribution in [0.4, 0.5) is 16.4 Å². The Morgan fingerprint density at radius 1 is 1.50 bits per heavy atom. The van der Waals surface area contributed by atoms with Gasteiger partial charge >= 0.3 is 6.09 Å². The molecule has 1 fully saturated rings. The van der Waals surface area contributed by atoms with Crippen molar-refractivity contribution in [3.63, 3.8) is 0 Å². The van der Waals surface area contributed by atoms with E-state index in [9.17, 15) is 4.79 Å². The van der Waals surface area contributed by atoms with Crippen molar-refractivity contribution in [2.45, 2.75) is 19.9 Å². The number of nitrogens with two attached hydrogens (primary N) is 1. The highest BCUT2D eigenvalue weighted by Gasteiger charge is 2.27. The number of aromatic nitrogens is 2. The number of nitrogens with zero attached hydrogens (tertiary/aromatic N) is 4. The molecule has 3 N–H and O–H groups in total. The van der Waals surface area contributed by atoms with Crippen molar-refractivity contribution in [1.29, 1.82) is 0 Å². The number of amides is 1. The van der Waals surface area contributed by atoms with Gasteiger partial charge < -0.3 is 20.6 Å². The molecule has 0 spiro atoms. The molecule has 1 aliphatic heterocycles. The molecule has 2 heterocycles. The minimum absolute atomic E-state index is 0.0593. The highest BCUT2D eigenvalue weighted by atomic mass is 16.4. The summed E-state index contributed by atoms with van der Waals surface area (Å²) < 4.78 is 0. The van der Waals surface area contributed by atoms with Crippen LogP contribution in [0.25, 0.3) is 0 Å². The summed E-state index contributed by atoms with van der Waals surface area (Å²) in [5, 5.41) is 17.0. The van der Waals surface area contributed by atoms with Gasteiger partial charge in [0, 0.05) is 25.7 Å². The van der Waals surface area contributed by atoms with E-state index < -0.39 is 6.09 Å². The van der Waals surface area contributed by atoms with Gasteiger partial charge in [0.1, 0.15) is 5.82 Å². The van der Waals surface area contributed by atoms with Crippen LogP contribution in [0.3, 0.4) is 0 Å². The summed E-state index contributed by atoms with van der Waals surface area (Å²) in [6, 6.07) is 1.82. The van der Waals surface area contributed by atoms with Crippen LogP contribution in [-0.4, -0.2) is 52.0 Å². The van der Waals surface area contributed by atoms with Crippen LogP contribution in [0.15, 0.2) is 6.07 Å². The number of aryl methyl sites for hydroxylation is 1. The zero-order chi connectivity index (χ0) is 13.3. The van der Waals surface area contributed by atoms with E-state index in [1.807, 2.05) is 24.8 Å². The Balaban J connectivity index is 2.12. The topological polar surface area (TPSA) is 95.6 Å². The predicted molar refractivity (Wildman–Crippen MR) is 67.6 cm³/mol. The van der Waals surface area contributed by atoms with E-state index in [0.29, 0.717) is 25.5 Å². The summed E-state index contributed by atoms with van der Waals surface area (Å²) in [6.45, 7) is 5.48. The summed E-state index contributed by atoms with van der Waals surface area (Å²) in [5.74, 6) is 1.18. The number of hydrogen-bond acceptors (Lipinski definition) is 5. The molecule has 0 saturated carbocycles. The van der Waals surface area contributed by atoms with Gasteiger partial charge in [0.05, 0.1) is 0 Å². The standard InChI is InChI=1S/C11H17N5O2/c1-7-5-9(13-14-10(7)12)15-3-4-16(11(17)18)8(2)6-15/h5,8H,3-4,6H2,1-2H3,(H2,12,14)(H,17,18). The predicted octanol–water partition coefficient (Wildman–Crippen LogP) is 0.556. The minimum Gasteiger partial charge on any atom is -0.465 e. The maximum Gasteiger partial charge on any atom is 0.407 e. The van der Waals surface area contributed by atoms with Crippen LogP contribution >= 0.6 is 0 Å². The molecular formula is C11H17N5O2. The first kappa shape index (κ1) is 12.4. The van der Waals surface area contributed by atoms with Crippen LogP contribution in [0, 0.1) is 6.92 Å². The van der Waals surface area contributed by atoms with Crippen LogP contribution in [0.5, 0.6) is 0 Å². The van der Waals surface area contributed by atoms with Crippen LogP contribution < -0.4 is 10.6 Å². The van der Waals surface area contributed by atoms with Gasteiger partial charge in [-0.3, -0.25) is 0 Å². The van der Waals surface area contributed by atoms with Crippen LogP contribution in [0.1, 0.15) is 12.5 Å². The van der Waals surface area contributed by atoms with Crippen molar-refractivity contribution in [3.8, 4) is 0 Å². The molecule has 7 nitrogen and oxygen atoms in total. The molecule has 1 amide bonds. The third kappa shape index (κ3) is 2.29. The Labute approximate surface area is 105 Å². The lowest BCUT2D eigenvalue weighted by Crippen LogP contribution is -2.54. The maximum atomic E-state index is 11.0. The van der Waals surface area contributed by atoms with Crippen molar-refractivity contribution in [2.75, 3.05) is 30.3 Å². The quantitative estimate of drug-likeness (QED) is 0.757. The van der Waals surface area contributed by atoms with Crippen molar-refractivity contribution in [1.82, 2.24) is 15.1 Å². The van der Waals surface area contributed by atoms with E-state index in [0.717, 1.165) is 11.4 Å². The molecule has 1 atom stereocenters. The van der Waals surface area contributed by atoms with Gasteiger partial charge in [-0.15, -0.1) is 10.2 Å². The van der Waals surface area contributed by atoms with Gasteiger partial charge in [0.15, 0.2) is 5.82 Å². The molecule has 0 radical (unpaired) electrons. The summed E-state index contributed by atoms with van der Waals surface area (Å²) in [4.78, 5) is 14.4. The van der Waals surface area contributed by atoms with E-state index in [1.54, 1.807) is 0 Å². The fraction of sp³-hybridized carbons (Fsp3) is 0.545. The van der Waals surface area contributed by atoms with E-state index >= 15 is 0 Å². The molecule has 7 heteroatoms. The highest BCUT2D eigenvalue weighted by Crippen LogP contribution is 2.19. The van der Waals surface area contributed by atoms with Gasteiger partial charge in [-0.2, -0.15) is 0 Å². The average Bonchev–Trinajstić information content (AvgIpc) is 2.32. The second-order valence-electron chi connectivity index (χ2n) is 4.54. The normalized spacial score (nSPS) is 20.0. The Morgan fingerprint density at radius 3 is 2.78 bits per heavy atom. The Morgan fingerprint density at radius 2 is 2.22 bits per heavy atom. The summed E-state index contributed by atoms with van der Waals surface area (Å²) >= 11 is 0. The molecular weight excluding hydrogens is 234 g/mol. The molecule has 1 aromatic heterocycles. The number of carboxylic acid groups (broad SMARTS) is 1. The fourth-order valence-corrected chi connectivity index (χ4v) is 2.08. The molecule has 98 valence electrons. The molecule has 1 aliphatic rings. The van der Waals surface area contributed by atoms with Crippen LogP contribution in [-0.2, 0) is 0 Å². The first-order valence-corrected chi connectivity index (χ1v) is 5.83. The number of piperazine rings is 1. The number of anilines is 2. The van der Waals surface area contributed by atoms with E-state index in [2.05, 4.69) is 10.2 Å². The molecule has 1 saturated heterocycles. The molecule has 1 unspecified atom stereocenters. The Hall–Kier alpha value is -2.05. The van der Waals surface area contributed by atoms with Crippen molar-refractivity contribution < 1.29 is 9.90 Å². The number of carbonyl (C=O) groups is 1. The van der Waals surface area contributed by atoms with Gasteiger partial charge in [-0.1, -0.05) is 0 Å². The monoisotopic (exact) mass is 251 g/mol. The second-order valence-corrected chi connectivity index (χ2v) is 4.54. The summed E-state index contributed by atoms with van der Waals surface area (Å²) in [5.41, 5.74) is 6.51. The lowest BCUT2D eigenvalue weighted by molar-refractivity contribution is 0.122. The smallest absolute Gasteiger partial charge is 0.407 e. The second kappa shape index (κ2) is 4.67. The van der Waals surface area contributed by atoms with Crippen molar-refractivity contribution >= 4 is 17.7 Å². The Kier molecular flexibility index (Phi) is 3.22. The fourth-order valence-electron chi connectivity index (χ4n) is 2.08. The van der Waals surface area contributed by atoms with Crippen molar-refractivity contribution in [2.24, 2.45) is 0 Å². The number of hydrogen-bond donors (Lipinski definition) is 2. The average molecular weight is 251 g/mol. The first-order valence-electron chi connectivity index (χ1n) is 5.83. The van der Waals surface area contributed by atoms with E-state index in [4.69, 9.17) is 10.8 Å². The number of nitrogen functional groups attached to an aromatic ring is 1. The highest BCUT2D eigenvalue weighted by molar-refractivity contribution is 5.66. The molecule has 1 aromatic rings. The Bertz CT molecular complexity index is 465. The van der Waals surface area contributed by atoms with Gasteiger partial charge in [-0.25, -0.2) is 4.79 Å². The molecule has 0 bridgehead atoms. The number of rotatable bonds is 1. The zero-order valence-electron chi connectivity index (χ0n) is 10.5. The molecule has 18 heavy (non-hydrogen) atoms. The third-order valence-electron chi connectivity index (χ3n) is 3.21. The van der Waals surface area contributed by atoms with E-state index in [1.165, 1.54) is 4.90 Å². The van der Waals surface area contributed by atoms with Crippen LogP contribution in [0.2, 0.25) is 0 Å². The minimum atomic E-state index is -0.873.